The summed E-state index contributed by atoms with van der Waals surface area (Å²) in [6.07, 6.45) is 2.58. The summed E-state index contributed by atoms with van der Waals surface area (Å²) in [5.74, 6) is 1.13. The van der Waals surface area contributed by atoms with E-state index in [1.54, 1.807) is 47.6 Å². The van der Waals surface area contributed by atoms with Gasteiger partial charge in [0.05, 0.1) is 19.3 Å². The van der Waals surface area contributed by atoms with E-state index >= 15 is 0 Å². The summed E-state index contributed by atoms with van der Waals surface area (Å²) in [5, 5.41) is 2.08. The molecule has 8 heteroatoms. The lowest BCUT2D eigenvalue weighted by Crippen LogP contribution is -2.49. The highest BCUT2D eigenvalue weighted by Gasteiger charge is 2.34. The molecule has 0 saturated carbocycles. The number of hydrogen-bond donors (Lipinski definition) is 0. The van der Waals surface area contributed by atoms with Crippen LogP contribution in [0.3, 0.4) is 0 Å². The molecule has 2 atom stereocenters. The molecule has 200 valence electrons. The molecule has 3 heterocycles. The van der Waals surface area contributed by atoms with Crippen LogP contribution in [0.25, 0.3) is 0 Å². The summed E-state index contributed by atoms with van der Waals surface area (Å²) >= 11 is 1.72. The molecule has 7 nitrogen and oxygen atoms in total. The maximum absolute atomic E-state index is 13.9. The SMILES string of the molecule is COc1cccc(C(=O)N(CC(=O)N2CCc3sccc3C2COc2ccccc2C)CC2CCCO2)c1. The van der Waals surface area contributed by atoms with Crippen molar-refractivity contribution in [1.29, 1.82) is 0 Å². The lowest BCUT2D eigenvalue weighted by molar-refractivity contribution is -0.135. The smallest absolute Gasteiger partial charge is 0.254 e. The summed E-state index contributed by atoms with van der Waals surface area (Å²) in [4.78, 5) is 32.3. The van der Waals surface area contributed by atoms with Crippen molar-refractivity contribution in [3.8, 4) is 11.5 Å². The fourth-order valence-corrected chi connectivity index (χ4v) is 6.14. The Bertz CT molecular complexity index is 1270. The van der Waals surface area contributed by atoms with Gasteiger partial charge >= 0.3 is 0 Å². The van der Waals surface area contributed by atoms with Gasteiger partial charge in [-0.3, -0.25) is 9.59 Å². The quantitative estimate of drug-likeness (QED) is 0.391. The van der Waals surface area contributed by atoms with Crippen molar-refractivity contribution in [2.24, 2.45) is 0 Å². The third kappa shape index (κ3) is 5.87. The van der Waals surface area contributed by atoms with Crippen molar-refractivity contribution in [3.05, 3.63) is 81.5 Å². The van der Waals surface area contributed by atoms with Crippen LogP contribution in [0.5, 0.6) is 11.5 Å². The molecular weight excluding hydrogens is 500 g/mol. The number of benzene rings is 2. The van der Waals surface area contributed by atoms with Crippen LogP contribution < -0.4 is 9.47 Å². The van der Waals surface area contributed by atoms with E-state index in [9.17, 15) is 9.59 Å². The van der Waals surface area contributed by atoms with Crippen molar-refractivity contribution in [2.45, 2.75) is 38.3 Å². The summed E-state index contributed by atoms with van der Waals surface area (Å²) in [7, 11) is 1.57. The Morgan fingerprint density at radius 2 is 2.03 bits per heavy atom. The van der Waals surface area contributed by atoms with E-state index in [0.717, 1.165) is 36.1 Å². The van der Waals surface area contributed by atoms with Gasteiger partial charge in [-0.05, 0) is 73.0 Å². The Morgan fingerprint density at radius 1 is 1.16 bits per heavy atom. The van der Waals surface area contributed by atoms with E-state index in [0.29, 0.717) is 37.6 Å². The van der Waals surface area contributed by atoms with Crippen molar-refractivity contribution in [2.75, 3.05) is 40.0 Å². The number of nitrogens with zero attached hydrogens (tertiary/aromatic N) is 2. The zero-order valence-electron chi connectivity index (χ0n) is 21.9. The first-order valence-electron chi connectivity index (χ1n) is 13.1. The number of carbonyl (C=O) groups is 2. The molecule has 2 unspecified atom stereocenters. The molecule has 0 bridgehead atoms. The highest BCUT2D eigenvalue weighted by Crippen LogP contribution is 2.34. The highest BCUT2D eigenvalue weighted by atomic mass is 32.1. The van der Waals surface area contributed by atoms with Crippen LogP contribution in [-0.2, 0) is 16.0 Å². The van der Waals surface area contributed by atoms with E-state index in [1.165, 1.54) is 4.88 Å². The van der Waals surface area contributed by atoms with Gasteiger partial charge < -0.3 is 24.0 Å². The number of fused-ring (bicyclic) bond motifs is 1. The van der Waals surface area contributed by atoms with Crippen LogP contribution >= 0.6 is 11.3 Å². The van der Waals surface area contributed by atoms with Crippen molar-refractivity contribution in [3.63, 3.8) is 0 Å². The third-order valence-corrected chi connectivity index (χ3v) is 8.28. The highest BCUT2D eigenvalue weighted by molar-refractivity contribution is 7.10. The summed E-state index contributed by atoms with van der Waals surface area (Å²) < 4.78 is 17.4. The van der Waals surface area contributed by atoms with Gasteiger partial charge in [0.2, 0.25) is 5.91 Å². The molecule has 5 rings (SSSR count). The fraction of sp³-hybridized carbons (Fsp3) is 0.400. The predicted molar refractivity (Wildman–Crippen MR) is 147 cm³/mol. The predicted octanol–water partition coefficient (Wildman–Crippen LogP) is 4.89. The number of para-hydroxylation sites is 1. The minimum atomic E-state index is -0.214. The van der Waals surface area contributed by atoms with Crippen molar-refractivity contribution in [1.82, 2.24) is 9.80 Å². The number of rotatable bonds is 9. The first-order valence-corrected chi connectivity index (χ1v) is 14.0. The van der Waals surface area contributed by atoms with E-state index in [1.807, 2.05) is 36.1 Å². The van der Waals surface area contributed by atoms with Crippen molar-refractivity contribution >= 4 is 23.2 Å². The molecule has 3 aromatic rings. The summed E-state index contributed by atoms with van der Waals surface area (Å²) in [5.41, 5.74) is 2.68. The molecule has 1 aromatic heterocycles. The molecule has 0 aliphatic carbocycles. The molecule has 0 radical (unpaired) electrons. The number of carbonyl (C=O) groups excluding carboxylic acids is 2. The Morgan fingerprint density at radius 3 is 2.82 bits per heavy atom. The maximum Gasteiger partial charge on any atom is 0.254 e. The van der Waals surface area contributed by atoms with Gasteiger partial charge in [0.25, 0.3) is 5.91 Å². The monoisotopic (exact) mass is 534 g/mol. The van der Waals surface area contributed by atoms with Gasteiger partial charge in [-0.2, -0.15) is 0 Å². The van der Waals surface area contributed by atoms with Gasteiger partial charge in [-0.1, -0.05) is 24.3 Å². The zero-order chi connectivity index (χ0) is 26.5. The number of ether oxygens (including phenoxy) is 3. The molecular formula is C30H34N2O5S. The van der Waals surface area contributed by atoms with Gasteiger partial charge in [0.1, 0.15) is 24.7 Å². The lowest BCUT2D eigenvalue weighted by atomic mass is 10.00. The van der Waals surface area contributed by atoms with Crippen LogP contribution in [-0.4, -0.2) is 67.7 Å². The number of hydrogen-bond acceptors (Lipinski definition) is 6. The maximum atomic E-state index is 13.9. The Balaban J connectivity index is 1.36. The van der Waals surface area contributed by atoms with E-state index < -0.39 is 0 Å². The Kier molecular flexibility index (Phi) is 8.29. The second-order valence-electron chi connectivity index (χ2n) is 9.78. The zero-order valence-corrected chi connectivity index (χ0v) is 22.7. The van der Waals surface area contributed by atoms with Crippen LogP contribution in [0.2, 0.25) is 0 Å². The molecule has 2 amide bonds. The first-order chi connectivity index (χ1) is 18.5. The van der Waals surface area contributed by atoms with Crippen LogP contribution in [0.1, 0.15) is 45.2 Å². The second kappa shape index (κ2) is 12.0. The average Bonchev–Trinajstić information content (AvgIpc) is 3.64. The topological polar surface area (TPSA) is 68.3 Å². The molecule has 2 aromatic carbocycles. The average molecular weight is 535 g/mol. The summed E-state index contributed by atoms with van der Waals surface area (Å²) in [6, 6.07) is 16.9. The third-order valence-electron chi connectivity index (χ3n) is 7.28. The Hall–Kier alpha value is -3.36. The van der Waals surface area contributed by atoms with E-state index in [2.05, 4.69) is 11.4 Å². The number of thiophene rings is 1. The molecule has 0 spiro atoms. The number of amides is 2. The molecule has 2 aliphatic rings. The van der Waals surface area contributed by atoms with Crippen LogP contribution in [0.15, 0.2) is 60.0 Å². The molecule has 0 N–H and O–H groups in total. The van der Waals surface area contributed by atoms with E-state index in [4.69, 9.17) is 14.2 Å². The number of aryl methyl sites for hydroxylation is 1. The second-order valence-corrected chi connectivity index (χ2v) is 10.8. The van der Waals surface area contributed by atoms with E-state index in [-0.39, 0.29) is 30.5 Å². The van der Waals surface area contributed by atoms with Crippen LogP contribution in [0.4, 0.5) is 0 Å². The summed E-state index contributed by atoms with van der Waals surface area (Å²) in [6.45, 7) is 4.01. The molecule has 38 heavy (non-hydrogen) atoms. The molecule has 2 aliphatic heterocycles. The van der Waals surface area contributed by atoms with Gasteiger partial charge in [0.15, 0.2) is 0 Å². The molecule has 1 fully saturated rings. The van der Waals surface area contributed by atoms with Crippen molar-refractivity contribution < 1.29 is 23.8 Å². The minimum absolute atomic E-state index is 0.0176. The first kappa shape index (κ1) is 26.3. The standard InChI is InChI=1S/C30H34N2O5S/c1-21-7-3-4-11-27(21)37-20-26-25-13-16-38-28(25)12-14-32(26)29(33)19-31(18-24-10-6-15-36-24)30(34)22-8-5-9-23(17-22)35-2/h3-5,7-9,11,13,16-17,24,26H,6,10,12,14-15,18-20H2,1-2H3. The minimum Gasteiger partial charge on any atom is -0.497 e. The largest absolute Gasteiger partial charge is 0.497 e. The molecule has 1 saturated heterocycles. The number of methoxy groups -OCH3 is 1. The van der Waals surface area contributed by atoms with Gasteiger partial charge in [-0.25, -0.2) is 0 Å². The Labute approximate surface area is 227 Å². The van der Waals surface area contributed by atoms with Gasteiger partial charge in [0, 0.05) is 30.1 Å². The fourth-order valence-electron chi connectivity index (χ4n) is 5.21. The normalized spacial score (nSPS) is 18.6. The van der Waals surface area contributed by atoms with Crippen LogP contribution in [0, 0.1) is 6.92 Å². The van der Waals surface area contributed by atoms with Gasteiger partial charge in [-0.15, -0.1) is 11.3 Å². The lowest BCUT2D eigenvalue weighted by Gasteiger charge is -2.37.